The van der Waals surface area contributed by atoms with Crippen LogP contribution in [0.4, 0.5) is 0 Å². The summed E-state index contributed by atoms with van der Waals surface area (Å²) in [5.74, 6) is 0.290. The minimum atomic E-state index is -3.87. The Kier molecular flexibility index (Phi) is 8.12. The van der Waals surface area contributed by atoms with Gasteiger partial charge in [0.25, 0.3) is 5.91 Å². The van der Waals surface area contributed by atoms with Crippen LogP contribution in [0.25, 0.3) is 0 Å². The fourth-order valence-electron chi connectivity index (χ4n) is 2.21. The Balaban J connectivity index is 2.06. The van der Waals surface area contributed by atoms with Gasteiger partial charge < -0.3 is 10.1 Å². The molecule has 0 saturated heterocycles. The molecule has 0 spiro atoms. The Morgan fingerprint density at radius 3 is 2.43 bits per heavy atom. The van der Waals surface area contributed by atoms with Gasteiger partial charge in [0, 0.05) is 6.54 Å². The summed E-state index contributed by atoms with van der Waals surface area (Å²) in [4.78, 5) is 12.2. The number of rotatable bonds is 9. The fourth-order valence-corrected chi connectivity index (χ4v) is 4.28. The average molecular weight is 445 g/mol. The number of para-hydroxylation sites is 1. The number of benzene rings is 2. The van der Waals surface area contributed by atoms with E-state index in [4.69, 9.17) is 27.9 Å². The lowest BCUT2D eigenvalue weighted by atomic mass is 10.2. The van der Waals surface area contributed by atoms with E-state index in [-0.39, 0.29) is 46.1 Å². The van der Waals surface area contributed by atoms with Crippen LogP contribution in [0.15, 0.2) is 47.4 Å². The minimum Gasteiger partial charge on any atom is -0.492 e. The number of carbonyl (C=O) groups excluding carboxylic acids is 1. The monoisotopic (exact) mass is 444 g/mol. The molecule has 152 valence electrons. The lowest BCUT2D eigenvalue weighted by Crippen LogP contribution is -2.30. The van der Waals surface area contributed by atoms with Crippen molar-refractivity contribution in [3.8, 4) is 5.75 Å². The van der Waals surface area contributed by atoms with Crippen molar-refractivity contribution in [2.24, 2.45) is 5.92 Å². The van der Waals surface area contributed by atoms with Crippen LogP contribution >= 0.6 is 23.2 Å². The third-order valence-corrected chi connectivity index (χ3v) is 5.84. The first kappa shape index (κ1) is 22.5. The lowest BCUT2D eigenvalue weighted by Gasteiger charge is -2.13. The highest BCUT2D eigenvalue weighted by molar-refractivity contribution is 7.89. The maximum atomic E-state index is 12.5. The van der Waals surface area contributed by atoms with Crippen LogP contribution in [0.1, 0.15) is 24.2 Å². The van der Waals surface area contributed by atoms with Gasteiger partial charge >= 0.3 is 0 Å². The van der Waals surface area contributed by atoms with E-state index in [1.807, 2.05) is 32.0 Å². The normalized spacial score (nSPS) is 11.5. The Bertz CT molecular complexity index is 919. The number of halogens is 2. The third-order valence-electron chi connectivity index (χ3n) is 3.64. The Labute approximate surface area is 175 Å². The standard InChI is InChI=1S/C19H22Cl2N2O4S/c1-13(2)12-23-28(25,26)18-10-15(16(20)11-17(18)21)19(24)22-8-9-27-14-6-4-3-5-7-14/h3-7,10-11,13,23H,8-9,12H2,1-2H3,(H,22,24). The highest BCUT2D eigenvalue weighted by Gasteiger charge is 2.22. The summed E-state index contributed by atoms with van der Waals surface area (Å²) < 4.78 is 32.9. The first-order valence-corrected chi connectivity index (χ1v) is 10.9. The van der Waals surface area contributed by atoms with Gasteiger partial charge in [0.1, 0.15) is 17.3 Å². The number of amides is 1. The number of nitrogens with one attached hydrogen (secondary N) is 2. The number of carbonyl (C=O) groups is 1. The summed E-state index contributed by atoms with van der Waals surface area (Å²) >= 11 is 12.1. The lowest BCUT2D eigenvalue weighted by molar-refractivity contribution is 0.0947. The fraction of sp³-hybridized carbons (Fsp3) is 0.316. The number of hydrogen-bond acceptors (Lipinski definition) is 4. The minimum absolute atomic E-state index is 0.0238. The van der Waals surface area contributed by atoms with Crippen molar-refractivity contribution in [1.29, 1.82) is 0 Å². The molecule has 9 heteroatoms. The maximum Gasteiger partial charge on any atom is 0.252 e. The zero-order chi connectivity index (χ0) is 20.7. The number of ether oxygens (including phenoxy) is 1. The third kappa shape index (κ3) is 6.38. The molecule has 0 aliphatic rings. The van der Waals surface area contributed by atoms with Gasteiger partial charge in [-0.15, -0.1) is 0 Å². The summed E-state index contributed by atoms with van der Waals surface area (Å²) in [7, 11) is -3.87. The molecule has 6 nitrogen and oxygen atoms in total. The molecule has 0 atom stereocenters. The van der Waals surface area contributed by atoms with Crippen LogP contribution in [0.3, 0.4) is 0 Å². The van der Waals surface area contributed by atoms with Gasteiger partial charge in [0.05, 0.1) is 22.2 Å². The molecule has 0 heterocycles. The molecule has 2 aromatic rings. The molecule has 0 aliphatic heterocycles. The summed E-state index contributed by atoms with van der Waals surface area (Å²) in [6.45, 7) is 4.48. The average Bonchev–Trinajstić information content (AvgIpc) is 2.64. The van der Waals surface area contributed by atoms with E-state index < -0.39 is 15.9 Å². The molecule has 2 N–H and O–H groups in total. The van der Waals surface area contributed by atoms with Gasteiger partial charge in [-0.2, -0.15) is 0 Å². The molecule has 2 rings (SSSR count). The van der Waals surface area contributed by atoms with Crippen LogP contribution in [0.2, 0.25) is 10.0 Å². The second-order valence-corrected chi connectivity index (χ2v) is 8.98. The van der Waals surface area contributed by atoms with Crippen molar-refractivity contribution in [1.82, 2.24) is 10.0 Å². The molecular formula is C19H22Cl2N2O4S. The molecular weight excluding hydrogens is 423 g/mol. The molecule has 0 fully saturated rings. The second-order valence-electron chi connectivity index (χ2n) is 6.43. The molecule has 0 radical (unpaired) electrons. The number of sulfonamides is 1. The van der Waals surface area contributed by atoms with Gasteiger partial charge in [-0.3, -0.25) is 4.79 Å². The molecule has 1 amide bonds. The first-order valence-electron chi connectivity index (χ1n) is 8.65. The second kappa shape index (κ2) is 10.1. The first-order chi connectivity index (χ1) is 13.2. The molecule has 0 unspecified atom stereocenters. The van der Waals surface area contributed by atoms with Gasteiger partial charge in [0.2, 0.25) is 10.0 Å². The summed E-state index contributed by atoms with van der Waals surface area (Å²) in [6.07, 6.45) is 0. The van der Waals surface area contributed by atoms with E-state index in [1.165, 1.54) is 12.1 Å². The maximum absolute atomic E-state index is 12.5. The van der Waals surface area contributed by atoms with Gasteiger partial charge in [-0.25, -0.2) is 13.1 Å². The molecule has 0 saturated carbocycles. The predicted molar refractivity (Wildman–Crippen MR) is 111 cm³/mol. The van der Waals surface area contributed by atoms with Crippen molar-refractivity contribution in [2.45, 2.75) is 18.7 Å². The SMILES string of the molecule is CC(C)CNS(=O)(=O)c1cc(C(=O)NCCOc2ccccc2)c(Cl)cc1Cl. The number of hydrogen-bond donors (Lipinski definition) is 2. The van der Waals surface area contributed by atoms with Crippen LogP contribution in [-0.4, -0.2) is 34.0 Å². The molecule has 28 heavy (non-hydrogen) atoms. The Morgan fingerprint density at radius 2 is 1.79 bits per heavy atom. The highest BCUT2D eigenvalue weighted by Crippen LogP contribution is 2.28. The van der Waals surface area contributed by atoms with Gasteiger partial charge in [-0.05, 0) is 30.2 Å². The zero-order valence-corrected chi connectivity index (χ0v) is 17.9. The largest absolute Gasteiger partial charge is 0.492 e. The smallest absolute Gasteiger partial charge is 0.252 e. The van der Waals surface area contributed by atoms with Crippen molar-refractivity contribution >= 4 is 39.1 Å². The van der Waals surface area contributed by atoms with Crippen LogP contribution in [0, 0.1) is 5.92 Å². The van der Waals surface area contributed by atoms with E-state index in [9.17, 15) is 13.2 Å². The van der Waals surface area contributed by atoms with Crippen molar-refractivity contribution < 1.29 is 17.9 Å². The molecule has 0 aliphatic carbocycles. The predicted octanol–water partition coefficient (Wildman–Crippen LogP) is 3.74. The van der Waals surface area contributed by atoms with E-state index >= 15 is 0 Å². The topological polar surface area (TPSA) is 84.5 Å². The summed E-state index contributed by atoms with van der Waals surface area (Å²) in [5.41, 5.74) is 0.0238. The van der Waals surface area contributed by atoms with Crippen LogP contribution < -0.4 is 14.8 Å². The van der Waals surface area contributed by atoms with Crippen LogP contribution in [-0.2, 0) is 10.0 Å². The van der Waals surface area contributed by atoms with Crippen molar-refractivity contribution in [2.75, 3.05) is 19.7 Å². The molecule has 2 aromatic carbocycles. The van der Waals surface area contributed by atoms with E-state index in [2.05, 4.69) is 10.0 Å². The summed E-state index contributed by atoms with van der Waals surface area (Å²) in [6, 6.07) is 11.6. The van der Waals surface area contributed by atoms with E-state index in [0.29, 0.717) is 5.75 Å². The van der Waals surface area contributed by atoms with Crippen molar-refractivity contribution in [3.05, 3.63) is 58.1 Å². The quantitative estimate of drug-likeness (QED) is 0.576. The molecule has 0 aromatic heterocycles. The van der Waals surface area contributed by atoms with Crippen LogP contribution in [0.5, 0.6) is 5.75 Å². The Hall–Kier alpha value is -1.80. The zero-order valence-electron chi connectivity index (χ0n) is 15.5. The van der Waals surface area contributed by atoms with E-state index in [1.54, 1.807) is 12.1 Å². The summed E-state index contributed by atoms with van der Waals surface area (Å²) in [5, 5.41) is 2.67. The Morgan fingerprint density at radius 1 is 1.11 bits per heavy atom. The van der Waals surface area contributed by atoms with Gasteiger partial charge in [-0.1, -0.05) is 55.2 Å². The van der Waals surface area contributed by atoms with Gasteiger partial charge in [0.15, 0.2) is 0 Å². The highest BCUT2D eigenvalue weighted by atomic mass is 35.5. The van der Waals surface area contributed by atoms with E-state index in [0.717, 1.165) is 0 Å². The van der Waals surface area contributed by atoms with Crippen molar-refractivity contribution in [3.63, 3.8) is 0 Å². The molecule has 0 bridgehead atoms.